The molecule has 2 unspecified atom stereocenters. The van der Waals surface area contributed by atoms with Crippen LogP contribution in [0.15, 0.2) is 48.5 Å². The summed E-state index contributed by atoms with van der Waals surface area (Å²) >= 11 is 0. The van der Waals surface area contributed by atoms with Gasteiger partial charge in [0, 0.05) is 6.42 Å². The third-order valence-corrected chi connectivity index (χ3v) is 15.7. The molecule has 1 aliphatic heterocycles. The van der Waals surface area contributed by atoms with E-state index in [0.717, 1.165) is 74.0 Å². The Morgan fingerprint density at radius 1 is 0.355 bits per heavy atom. The normalized spacial score (nSPS) is 17.6. The molecular weight excluding hydrogens is 939 g/mol. The maximum atomic E-state index is 15.6. The first kappa shape index (κ1) is 62.3. The molecule has 1 heterocycles. The van der Waals surface area contributed by atoms with Crippen molar-refractivity contribution in [2.24, 2.45) is 0 Å². The lowest BCUT2D eigenvalue weighted by Gasteiger charge is -2.47. The summed E-state index contributed by atoms with van der Waals surface area (Å²) < 4.78 is 0. The number of amides is 1. The van der Waals surface area contributed by atoms with Gasteiger partial charge in [-0.25, -0.2) is 0 Å². The average Bonchev–Trinajstić information content (AvgIpc) is 3.24. The van der Waals surface area contributed by atoms with Gasteiger partial charge in [-0.1, -0.05) is 215 Å². The minimum atomic E-state index is -0.339. The van der Waals surface area contributed by atoms with E-state index in [1.807, 2.05) is 0 Å². The predicted molar refractivity (Wildman–Crippen MR) is 320 cm³/mol. The highest BCUT2D eigenvalue weighted by molar-refractivity contribution is 5.77. The second-order valence-electron chi connectivity index (χ2n) is 31.0. The van der Waals surface area contributed by atoms with Crippen LogP contribution in [0.1, 0.15) is 259 Å². The average molecular weight is 1040 g/mol. The van der Waals surface area contributed by atoms with E-state index in [-0.39, 0.29) is 74.1 Å². The monoisotopic (exact) mass is 1040 g/mol. The molecule has 8 nitrogen and oxygen atoms in total. The Morgan fingerprint density at radius 2 is 0.553 bits per heavy atom. The number of hydrogen-bond donors (Lipinski definition) is 6. The number of benzene rings is 4. The van der Waals surface area contributed by atoms with Gasteiger partial charge < -0.3 is 25.3 Å². The van der Waals surface area contributed by atoms with E-state index >= 15 is 4.79 Å². The van der Waals surface area contributed by atoms with Crippen molar-refractivity contribution in [1.29, 1.82) is 0 Å². The number of nitrogens with zero attached hydrogens (tertiary/aromatic N) is 1. The highest BCUT2D eigenvalue weighted by atomic mass is 16.3. The molecule has 0 aromatic heterocycles. The van der Waals surface area contributed by atoms with Gasteiger partial charge in [-0.05, 0) is 155 Å². The van der Waals surface area contributed by atoms with Crippen molar-refractivity contribution in [3.63, 3.8) is 0 Å². The number of phenols is 4. The zero-order valence-corrected chi connectivity index (χ0v) is 52.2. The van der Waals surface area contributed by atoms with Crippen molar-refractivity contribution in [3.05, 3.63) is 115 Å². The van der Waals surface area contributed by atoms with E-state index in [1.165, 1.54) is 5.56 Å². The maximum absolute atomic E-state index is 15.6. The Bertz CT molecular complexity index is 2470. The fourth-order valence-electron chi connectivity index (χ4n) is 11.1. The molecule has 1 saturated heterocycles. The molecule has 0 bridgehead atoms. The number of aromatic hydroxyl groups is 4. The molecule has 0 aliphatic carbocycles. The van der Waals surface area contributed by atoms with E-state index in [0.29, 0.717) is 55.1 Å². The van der Waals surface area contributed by atoms with E-state index in [9.17, 15) is 20.4 Å². The summed E-state index contributed by atoms with van der Waals surface area (Å²) in [6, 6.07) is 17.3. The van der Waals surface area contributed by atoms with E-state index in [2.05, 4.69) is 230 Å². The number of rotatable bonds is 12. The van der Waals surface area contributed by atoms with Gasteiger partial charge in [-0.15, -0.1) is 0 Å². The van der Waals surface area contributed by atoms with Gasteiger partial charge in [0.25, 0.3) is 0 Å². The van der Waals surface area contributed by atoms with E-state index in [4.69, 9.17) is 0 Å². The fourth-order valence-corrected chi connectivity index (χ4v) is 11.1. The van der Waals surface area contributed by atoms with Crippen molar-refractivity contribution < 1.29 is 25.2 Å². The van der Waals surface area contributed by atoms with Gasteiger partial charge in [0.05, 0.1) is 18.5 Å². The number of phenolic OH excluding ortho intramolecular Hbond substituents is 4. The number of nitrogens with one attached hydrogen (secondary N) is 2. The first-order valence-corrected chi connectivity index (χ1v) is 28.6. The lowest BCUT2D eigenvalue weighted by molar-refractivity contribution is -0.142. The summed E-state index contributed by atoms with van der Waals surface area (Å²) in [5, 5.41) is 54.8. The summed E-state index contributed by atoms with van der Waals surface area (Å²) in [7, 11) is 0. The standard InChI is InChI=1S/C68H105N3O5/c1-61(2,3)45-33-41(34-46(57(45)73)62(4,5)6)25-29-53-69-54(30-26-42-35-47(63(7,8)9)58(74)48(36-42)64(10,11)12)71(56(72)32-28-44-39-51(67(19,20)21)60(76)52(40-44)68(22,23)24)55(70-53)31-27-43-37-49(65(13,14)15)59(75)50(38-43)66(16,17)18/h33-40,53-55,69-70,73-76H,25-32H2,1-24H3. The molecule has 1 aliphatic rings. The fraction of sp³-hybridized carbons (Fsp3) is 0.632. The summed E-state index contributed by atoms with van der Waals surface area (Å²) in [5.74, 6) is 1.47. The van der Waals surface area contributed by atoms with Crippen LogP contribution in [0.25, 0.3) is 0 Å². The van der Waals surface area contributed by atoms with Gasteiger partial charge in [0.2, 0.25) is 5.91 Å². The molecule has 5 rings (SSSR count). The highest BCUT2D eigenvalue weighted by Gasteiger charge is 2.39. The molecular formula is C68H105N3O5. The second-order valence-corrected chi connectivity index (χ2v) is 31.0. The lowest BCUT2D eigenvalue weighted by Crippen LogP contribution is -2.70. The van der Waals surface area contributed by atoms with Crippen molar-refractivity contribution in [3.8, 4) is 23.0 Å². The van der Waals surface area contributed by atoms with Crippen LogP contribution in [0.4, 0.5) is 0 Å². The van der Waals surface area contributed by atoms with Crippen LogP contribution in [0.2, 0.25) is 0 Å². The summed E-state index contributed by atoms with van der Waals surface area (Å²) in [5.41, 5.74) is 9.52. The largest absolute Gasteiger partial charge is 0.507 e. The minimum absolute atomic E-state index is 0.0484. The molecule has 6 N–H and O–H groups in total. The molecule has 76 heavy (non-hydrogen) atoms. The van der Waals surface area contributed by atoms with Crippen molar-refractivity contribution in [2.75, 3.05) is 0 Å². The highest BCUT2D eigenvalue weighted by Crippen LogP contribution is 2.44. The molecule has 422 valence electrons. The van der Waals surface area contributed by atoms with Gasteiger partial charge >= 0.3 is 0 Å². The van der Waals surface area contributed by atoms with E-state index in [1.54, 1.807) is 0 Å². The third-order valence-electron chi connectivity index (χ3n) is 15.7. The smallest absolute Gasteiger partial charge is 0.225 e. The molecule has 0 spiro atoms. The zero-order chi connectivity index (χ0) is 57.9. The van der Waals surface area contributed by atoms with Gasteiger partial charge in [-0.2, -0.15) is 0 Å². The van der Waals surface area contributed by atoms with Crippen molar-refractivity contribution >= 4 is 5.91 Å². The molecule has 0 saturated carbocycles. The maximum Gasteiger partial charge on any atom is 0.225 e. The third kappa shape index (κ3) is 15.0. The van der Waals surface area contributed by atoms with Crippen LogP contribution < -0.4 is 10.6 Å². The number of carbonyl (C=O) groups excluding carboxylic acids is 1. The quantitative estimate of drug-likeness (QED) is 0.0835. The lowest BCUT2D eigenvalue weighted by atomic mass is 9.78. The van der Waals surface area contributed by atoms with Crippen molar-refractivity contribution in [1.82, 2.24) is 15.5 Å². The zero-order valence-electron chi connectivity index (χ0n) is 52.2. The molecule has 1 fully saturated rings. The molecule has 0 radical (unpaired) electrons. The van der Waals surface area contributed by atoms with Crippen molar-refractivity contribution in [2.45, 2.75) is 279 Å². The SMILES string of the molecule is CC(C)(C)c1cc(CCC(=O)N2C(CCc3cc(C(C)(C)C)c(O)c(C(C)(C)C)c3)NC(CCc3cc(C(C)(C)C)c(O)c(C(C)(C)C)c3)NC2CCc2cc(C(C)(C)C)c(O)c(C(C)(C)C)c2)cc(C(C)(C)C)c1O. The predicted octanol–water partition coefficient (Wildman–Crippen LogP) is 15.7. The first-order valence-electron chi connectivity index (χ1n) is 28.6. The molecule has 8 heteroatoms. The van der Waals surface area contributed by atoms with Crippen LogP contribution in [0, 0.1) is 0 Å². The number of hydrogen-bond acceptors (Lipinski definition) is 7. The number of aryl methyl sites for hydroxylation is 4. The van der Waals surface area contributed by atoms with Crippen LogP contribution in [0.3, 0.4) is 0 Å². The molecule has 4 aromatic rings. The van der Waals surface area contributed by atoms with Crippen LogP contribution in [-0.4, -0.2) is 49.7 Å². The van der Waals surface area contributed by atoms with Gasteiger partial charge in [0.1, 0.15) is 23.0 Å². The second kappa shape index (κ2) is 22.0. The Labute approximate surface area is 462 Å². The summed E-state index contributed by atoms with van der Waals surface area (Å²) in [6.07, 6.45) is 4.10. The van der Waals surface area contributed by atoms with Crippen LogP contribution in [-0.2, 0) is 73.8 Å². The summed E-state index contributed by atoms with van der Waals surface area (Å²) in [6.45, 7) is 51.5. The van der Waals surface area contributed by atoms with E-state index < -0.39 is 0 Å². The van der Waals surface area contributed by atoms with Gasteiger partial charge in [0.15, 0.2) is 0 Å². The minimum Gasteiger partial charge on any atom is -0.507 e. The van der Waals surface area contributed by atoms with Crippen LogP contribution >= 0.6 is 0 Å². The Kier molecular flexibility index (Phi) is 18.0. The molecule has 2 atom stereocenters. The summed E-state index contributed by atoms with van der Waals surface area (Å²) in [4.78, 5) is 17.7. The topological polar surface area (TPSA) is 125 Å². The van der Waals surface area contributed by atoms with Crippen LogP contribution in [0.5, 0.6) is 23.0 Å². The molecule has 1 amide bonds. The Hall–Kier alpha value is -4.53. The van der Waals surface area contributed by atoms with Gasteiger partial charge in [-0.3, -0.25) is 15.4 Å². The Morgan fingerprint density at radius 3 is 0.763 bits per heavy atom. The Balaban J connectivity index is 1.67. The molecule has 4 aromatic carbocycles. The number of carbonyl (C=O) groups is 1. The first-order chi connectivity index (χ1) is 34.3.